The monoisotopic (exact) mass is 318 g/mol. The lowest BCUT2D eigenvalue weighted by Gasteiger charge is -2.25. The van der Waals surface area contributed by atoms with Crippen molar-refractivity contribution >= 4 is 11.9 Å². The fourth-order valence-electron chi connectivity index (χ4n) is 2.78. The Hall–Kier alpha value is -1.14. The van der Waals surface area contributed by atoms with Gasteiger partial charge in [-0.1, -0.05) is 71.6 Å². The van der Waals surface area contributed by atoms with E-state index in [9.17, 15) is 9.59 Å². The fourth-order valence-corrected chi connectivity index (χ4v) is 2.78. The summed E-state index contributed by atoms with van der Waals surface area (Å²) in [4.78, 5) is 31.1. The summed E-state index contributed by atoms with van der Waals surface area (Å²) in [7, 11) is 0. The minimum absolute atomic E-state index is 0.169. The molecule has 0 atom stereocenters. The van der Waals surface area contributed by atoms with Crippen LogP contribution in [-0.2, 0) is 19.4 Å². The lowest BCUT2D eigenvalue weighted by Crippen LogP contribution is -2.41. The molecule has 6 nitrogen and oxygen atoms in total. The molecule has 0 aliphatic heterocycles. The fraction of sp³-hybridized carbons (Fsp3) is 0.875. The molecule has 0 aromatic rings. The van der Waals surface area contributed by atoms with Gasteiger partial charge in [0.1, 0.15) is 0 Å². The van der Waals surface area contributed by atoms with Crippen molar-refractivity contribution in [3.8, 4) is 0 Å². The Morgan fingerprint density at radius 3 is 1.59 bits per heavy atom. The highest BCUT2D eigenvalue weighted by Gasteiger charge is 2.48. The predicted octanol–water partition coefficient (Wildman–Crippen LogP) is 4.34. The van der Waals surface area contributed by atoms with E-state index in [0.717, 1.165) is 19.3 Å². The highest BCUT2D eigenvalue weighted by atomic mass is 17.1. The van der Waals surface area contributed by atoms with Crippen LogP contribution in [0.3, 0.4) is 0 Å². The number of hydrogen-bond acceptors (Lipinski definition) is 6. The third-order valence-electron chi connectivity index (χ3n) is 4.08. The van der Waals surface area contributed by atoms with Gasteiger partial charge in [0.2, 0.25) is 0 Å². The van der Waals surface area contributed by atoms with Gasteiger partial charge in [-0.2, -0.15) is 10.5 Å². The summed E-state index contributed by atoms with van der Waals surface area (Å²) < 4.78 is 0. The molecule has 22 heavy (non-hydrogen) atoms. The molecule has 0 unspecified atom stereocenters. The van der Waals surface area contributed by atoms with E-state index in [4.69, 9.17) is 10.5 Å². The van der Waals surface area contributed by atoms with Crippen molar-refractivity contribution in [2.75, 3.05) is 0 Å². The average molecular weight is 318 g/mol. The number of rotatable bonds is 13. The molecule has 0 aromatic carbocycles. The maximum atomic E-state index is 11.8. The summed E-state index contributed by atoms with van der Waals surface area (Å²) in [6.45, 7) is 3.98. The van der Waals surface area contributed by atoms with Crippen LogP contribution in [0.5, 0.6) is 0 Å². The van der Waals surface area contributed by atoms with Crippen LogP contribution in [-0.4, -0.2) is 22.5 Å². The van der Waals surface area contributed by atoms with Crippen LogP contribution >= 0.6 is 0 Å². The first kappa shape index (κ1) is 20.9. The van der Waals surface area contributed by atoms with Gasteiger partial charge < -0.3 is 0 Å². The maximum absolute atomic E-state index is 11.8. The first-order valence-electron chi connectivity index (χ1n) is 8.30. The summed E-state index contributed by atoms with van der Waals surface area (Å²) in [6, 6.07) is 0. The van der Waals surface area contributed by atoms with Crippen LogP contribution in [0, 0.1) is 5.41 Å². The van der Waals surface area contributed by atoms with E-state index in [1.807, 2.05) is 0 Å². The molecule has 0 aliphatic rings. The zero-order valence-corrected chi connectivity index (χ0v) is 13.8. The molecule has 130 valence electrons. The molecular formula is C16H30O6. The Balaban J connectivity index is 4.35. The molecule has 0 aromatic heterocycles. The normalized spacial score (nSPS) is 11.3. The molecule has 0 spiro atoms. The topological polar surface area (TPSA) is 93.1 Å². The number of carbonyl (C=O) groups is 2. The number of unbranched alkanes of at least 4 members (excludes halogenated alkanes) is 7. The molecule has 6 heteroatoms. The summed E-state index contributed by atoms with van der Waals surface area (Å²) in [5.74, 6) is -2.12. The van der Waals surface area contributed by atoms with E-state index in [0.29, 0.717) is 12.8 Å². The molecule has 0 fully saturated rings. The molecule has 0 radical (unpaired) electrons. The lowest BCUT2D eigenvalue weighted by molar-refractivity contribution is -0.265. The third-order valence-corrected chi connectivity index (χ3v) is 4.08. The Kier molecular flexibility index (Phi) is 11.8. The SMILES string of the molecule is CCCCCCCCCCC(CCC)(C(=O)OO)C(=O)OO. The van der Waals surface area contributed by atoms with Crippen LogP contribution in [0.1, 0.15) is 84.5 Å². The molecule has 0 saturated carbocycles. The van der Waals surface area contributed by atoms with Crippen molar-refractivity contribution < 1.29 is 29.9 Å². The minimum Gasteiger partial charge on any atom is -0.300 e. The van der Waals surface area contributed by atoms with E-state index in [-0.39, 0.29) is 12.8 Å². The predicted molar refractivity (Wildman–Crippen MR) is 82.0 cm³/mol. The van der Waals surface area contributed by atoms with E-state index >= 15 is 0 Å². The average Bonchev–Trinajstić information content (AvgIpc) is 2.54. The smallest absolute Gasteiger partial charge is 0.300 e. The van der Waals surface area contributed by atoms with Crippen molar-refractivity contribution in [2.45, 2.75) is 84.5 Å². The molecule has 0 heterocycles. The van der Waals surface area contributed by atoms with Crippen LogP contribution < -0.4 is 0 Å². The van der Waals surface area contributed by atoms with Gasteiger partial charge in [-0.05, 0) is 12.8 Å². The maximum Gasteiger partial charge on any atom is 0.359 e. The largest absolute Gasteiger partial charge is 0.359 e. The summed E-state index contributed by atoms with van der Waals surface area (Å²) >= 11 is 0. The first-order valence-corrected chi connectivity index (χ1v) is 8.30. The standard InChI is InChI=1S/C16H30O6/c1-3-5-6-7-8-9-10-11-13-16(12-4-2,14(17)21-19)15(18)22-20/h19-20H,3-13H2,1-2H3. The molecule has 2 N–H and O–H groups in total. The van der Waals surface area contributed by atoms with Crippen molar-refractivity contribution in [2.24, 2.45) is 5.41 Å². The van der Waals surface area contributed by atoms with Crippen molar-refractivity contribution in [3.63, 3.8) is 0 Å². The van der Waals surface area contributed by atoms with Crippen LogP contribution in [0.15, 0.2) is 0 Å². The van der Waals surface area contributed by atoms with E-state index in [1.54, 1.807) is 6.92 Å². The van der Waals surface area contributed by atoms with Gasteiger partial charge in [-0.3, -0.25) is 9.78 Å². The lowest BCUT2D eigenvalue weighted by atomic mass is 9.78. The van der Waals surface area contributed by atoms with Crippen LogP contribution in [0.2, 0.25) is 0 Å². The highest BCUT2D eigenvalue weighted by molar-refractivity contribution is 5.99. The Morgan fingerprint density at radius 2 is 1.18 bits per heavy atom. The van der Waals surface area contributed by atoms with E-state index in [2.05, 4.69) is 16.7 Å². The van der Waals surface area contributed by atoms with Crippen LogP contribution in [0.25, 0.3) is 0 Å². The van der Waals surface area contributed by atoms with Gasteiger partial charge >= 0.3 is 11.9 Å². The zero-order valence-electron chi connectivity index (χ0n) is 13.8. The van der Waals surface area contributed by atoms with Crippen molar-refractivity contribution in [1.82, 2.24) is 0 Å². The highest BCUT2D eigenvalue weighted by Crippen LogP contribution is 2.34. The minimum atomic E-state index is -1.61. The second-order valence-electron chi connectivity index (χ2n) is 5.81. The van der Waals surface area contributed by atoms with Crippen LogP contribution in [0.4, 0.5) is 0 Å². The molecule has 0 bridgehead atoms. The van der Waals surface area contributed by atoms with Crippen molar-refractivity contribution in [1.29, 1.82) is 0 Å². The second kappa shape index (κ2) is 12.4. The Labute approximate surface area is 132 Å². The summed E-state index contributed by atoms with van der Waals surface area (Å²) in [5, 5.41) is 17.3. The van der Waals surface area contributed by atoms with Gasteiger partial charge in [0.05, 0.1) is 0 Å². The van der Waals surface area contributed by atoms with E-state index in [1.165, 1.54) is 25.7 Å². The molecule has 0 rings (SSSR count). The molecule has 0 amide bonds. The molecule has 0 aliphatic carbocycles. The Bertz CT molecular complexity index is 300. The van der Waals surface area contributed by atoms with E-state index < -0.39 is 17.4 Å². The van der Waals surface area contributed by atoms with Gasteiger partial charge in [-0.25, -0.2) is 9.59 Å². The van der Waals surface area contributed by atoms with Gasteiger partial charge in [-0.15, -0.1) is 0 Å². The zero-order chi connectivity index (χ0) is 16.8. The summed E-state index contributed by atoms with van der Waals surface area (Å²) in [6.07, 6.45) is 9.50. The van der Waals surface area contributed by atoms with Crippen molar-refractivity contribution in [3.05, 3.63) is 0 Å². The molecule has 0 saturated heterocycles. The Morgan fingerprint density at radius 1 is 0.727 bits per heavy atom. The summed E-state index contributed by atoms with van der Waals surface area (Å²) in [5.41, 5.74) is -1.61. The molecular weight excluding hydrogens is 288 g/mol. The van der Waals surface area contributed by atoms with Gasteiger partial charge in [0.25, 0.3) is 0 Å². The number of carbonyl (C=O) groups excluding carboxylic acids is 2. The van der Waals surface area contributed by atoms with Gasteiger partial charge in [0.15, 0.2) is 5.41 Å². The second-order valence-corrected chi connectivity index (χ2v) is 5.81. The van der Waals surface area contributed by atoms with Gasteiger partial charge in [0, 0.05) is 0 Å². The first-order chi connectivity index (χ1) is 10.6. The number of hydrogen-bond donors (Lipinski definition) is 2. The third kappa shape index (κ3) is 6.75. The quantitative estimate of drug-likeness (QED) is 0.227.